The molecule has 80 valence electrons. The summed E-state index contributed by atoms with van der Waals surface area (Å²) in [4.78, 5) is 0. The van der Waals surface area contributed by atoms with E-state index in [9.17, 15) is 0 Å². The summed E-state index contributed by atoms with van der Waals surface area (Å²) in [6, 6.07) is 6.27. The lowest BCUT2D eigenvalue weighted by molar-refractivity contribution is 0.411. The minimum atomic E-state index is 0.629. The predicted octanol–water partition coefficient (Wildman–Crippen LogP) is 3.16. The van der Waals surface area contributed by atoms with Gasteiger partial charge in [0.15, 0.2) is 0 Å². The maximum atomic E-state index is 8.48. The molecular formula is C13H17NO. The predicted molar refractivity (Wildman–Crippen MR) is 61.0 cm³/mol. The molecule has 0 amide bonds. The van der Waals surface area contributed by atoms with Gasteiger partial charge in [-0.2, -0.15) is 5.26 Å². The Kier molecular flexibility index (Phi) is 4.17. The van der Waals surface area contributed by atoms with Crippen LogP contribution in [0.4, 0.5) is 0 Å². The molecule has 0 aliphatic heterocycles. The van der Waals surface area contributed by atoms with E-state index in [0.717, 1.165) is 18.6 Å². The lowest BCUT2D eigenvalue weighted by atomic mass is 9.98. The van der Waals surface area contributed by atoms with E-state index in [1.54, 1.807) is 7.11 Å². The Labute approximate surface area is 91.5 Å². The quantitative estimate of drug-likeness (QED) is 0.704. The highest BCUT2D eigenvalue weighted by molar-refractivity contribution is 5.43. The maximum absolute atomic E-state index is 8.48. The van der Waals surface area contributed by atoms with Crippen LogP contribution in [0.15, 0.2) is 12.1 Å². The molecule has 1 rings (SSSR count). The third kappa shape index (κ3) is 2.73. The Balaban J connectivity index is 2.83. The number of nitriles is 1. The summed E-state index contributed by atoms with van der Waals surface area (Å²) in [6.07, 6.45) is 2.54. The van der Waals surface area contributed by atoms with Crippen LogP contribution in [-0.4, -0.2) is 7.11 Å². The smallest absolute Gasteiger partial charge is 0.122 e. The minimum absolute atomic E-state index is 0.629. The number of unbranched alkanes of at least 4 members (excludes halogenated alkanes) is 1. The highest BCUT2D eigenvalue weighted by Crippen LogP contribution is 2.24. The van der Waals surface area contributed by atoms with E-state index < -0.39 is 0 Å². The largest absolute Gasteiger partial charge is 0.496 e. The number of ether oxygens (including phenoxy) is 1. The summed E-state index contributed by atoms with van der Waals surface area (Å²) in [6.45, 7) is 4.18. The van der Waals surface area contributed by atoms with E-state index in [4.69, 9.17) is 10.00 Å². The van der Waals surface area contributed by atoms with Gasteiger partial charge in [0.05, 0.1) is 13.2 Å². The highest BCUT2D eigenvalue weighted by atomic mass is 16.5. The molecule has 0 aromatic heterocycles. The maximum Gasteiger partial charge on any atom is 0.122 e. The molecule has 15 heavy (non-hydrogen) atoms. The number of nitrogens with zero attached hydrogens (tertiary/aromatic N) is 1. The number of hydrogen-bond acceptors (Lipinski definition) is 2. The molecule has 0 bridgehead atoms. The van der Waals surface area contributed by atoms with Gasteiger partial charge in [-0.3, -0.25) is 0 Å². The summed E-state index contributed by atoms with van der Waals surface area (Å²) in [5, 5.41) is 8.48. The average molecular weight is 203 g/mol. The lowest BCUT2D eigenvalue weighted by Gasteiger charge is -2.11. The van der Waals surface area contributed by atoms with Crippen LogP contribution in [0.1, 0.15) is 29.5 Å². The Morgan fingerprint density at radius 3 is 2.60 bits per heavy atom. The Bertz CT molecular complexity index is 377. The SMILES string of the molecule is COc1ccc(CCCC#N)c(C)c1C. The summed E-state index contributed by atoms with van der Waals surface area (Å²) < 4.78 is 5.25. The van der Waals surface area contributed by atoms with Crippen LogP contribution in [-0.2, 0) is 6.42 Å². The van der Waals surface area contributed by atoms with Gasteiger partial charge in [-0.1, -0.05) is 6.07 Å². The van der Waals surface area contributed by atoms with Gasteiger partial charge < -0.3 is 4.74 Å². The Morgan fingerprint density at radius 2 is 2.00 bits per heavy atom. The molecule has 1 aromatic rings. The standard InChI is InChI=1S/C13H17NO/c1-10-11(2)13(15-3)8-7-12(10)6-4-5-9-14/h7-8H,4-6H2,1-3H3. The second kappa shape index (κ2) is 5.41. The molecule has 0 aliphatic rings. The van der Waals surface area contributed by atoms with Crippen molar-refractivity contribution in [3.8, 4) is 11.8 Å². The average Bonchev–Trinajstić information content (AvgIpc) is 2.25. The second-order valence-corrected chi connectivity index (χ2v) is 3.69. The fourth-order valence-electron chi connectivity index (χ4n) is 1.70. The van der Waals surface area contributed by atoms with Crippen molar-refractivity contribution in [2.24, 2.45) is 0 Å². The third-order valence-corrected chi connectivity index (χ3v) is 2.80. The molecule has 0 radical (unpaired) electrons. The molecule has 0 saturated heterocycles. The van der Waals surface area contributed by atoms with Gasteiger partial charge >= 0.3 is 0 Å². The fourth-order valence-corrected chi connectivity index (χ4v) is 1.70. The van der Waals surface area contributed by atoms with Crippen LogP contribution in [0.25, 0.3) is 0 Å². The van der Waals surface area contributed by atoms with E-state index in [0.29, 0.717) is 6.42 Å². The Morgan fingerprint density at radius 1 is 1.27 bits per heavy atom. The van der Waals surface area contributed by atoms with E-state index in [-0.39, 0.29) is 0 Å². The zero-order chi connectivity index (χ0) is 11.3. The molecule has 2 heteroatoms. The summed E-state index contributed by atoms with van der Waals surface area (Å²) in [5.74, 6) is 0.941. The molecule has 0 spiro atoms. The summed E-state index contributed by atoms with van der Waals surface area (Å²) in [5.41, 5.74) is 3.81. The highest BCUT2D eigenvalue weighted by Gasteiger charge is 2.05. The number of aryl methyl sites for hydroxylation is 1. The zero-order valence-corrected chi connectivity index (χ0v) is 9.63. The normalized spacial score (nSPS) is 9.73. The van der Waals surface area contributed by atoms with Gasteiger partial charge in [0.25, 0.3) is 0 Å². The molecule has 0 unspecified atom stereocenters. The molecule has 0 saturated carbocycles. The van der Waals surface area contributed by atoms with Crippen molar-refractivity contribution in [2.45, 2.75) is 33.1 Å². The van der Waals surface area contributed by atoms with Crippen LogP contribution in [0.2, 0.25) is 0 Å². The van der Waals surface area contributed by atoms with Crippen molar-refractivity contribution >= 4 is 0 Å². The van der Waals surface area contributed by atoms with Gasteiger partial charge in [0, 0.05) is 6.42 Å². The van der Waals surface area contributed by atoms with Gasteiger partial charge in [-0.15, -0.1) is 0 Å². The molecule has 1 aromatic carbocycles. The van der Waals surface area contributed by atoms with Gasteiger partial charge in [0.2, 0.25) is 0 Å². The number of rotatable bonds is 4. The first-order valence-electron chi connectivity index (χ1n) is 5.20. The van der Waals surface area contributed by atoms with Crippen LogP contribution in [0, 0.1) is 25.2 Å². The van der Waals surface area contributed by atoms with Gasteiger partial charge in [0.1, 0.15) is 5.75 Å². The van der Waals surface area contributed by atoms with E-state index in [1.165, 1.54) is 16.7 Å². The van der Waals surface area contributed by atoms with Crippen molar-refractivity contribution in [1.29, 1.82) is 5.26 Å². The molecule has 2 nitrogen and oxygen atoms in total. The third-order valence-electron chi connectivity index (χ3n) is 2.80. The molecule has 0 N–H and O–H groups in total. The van der Waals surface area contributed by atoms with Crippen molar-refractivity contribution in [2.75, 3.05) is 7.11 Å². The Hall–Kier alpha value is -1.49. The molecule has 0 fully saturated rings. The second-order valence-electron chi connectivity index (χ2n) is 3.69. The van der Waals surface area contributed by atoms with Gasteiger partial charge in [-0.05, 0) is 49.4 Å². The number of hydrogen-bond donors (Lipinski definition) is 0. The lowest BCUT2D eigenvalue weighted by Crippen LogP contribution is -1.96. The molecular weight excluding hydrogens is 186 g/mol. The molecule has 0 heterocycles. The van der Waals surface area contributed by atoms with Crippen molar-refractivity contribution < 1.29 is 4.74 Å². The fraction of sp³-hybridized carbons (Fsp3) is 0.462. The minimum Gasteiger partial charge on any atom is -0.496 e. The van der Waals surface area contributed by atoms with Crippen LogP contribution < -0.4 is 4.74 Å². The number of methoxy groups -OCH3 is 1. The number of benzene rings is 1. The first kappa shape index (κ1) is 11.6. The van der Waals surface area contributed by atoms with Crippen molar-refractivity contribution in [3.63, 3.8) is 0 Å². The van der Waals surface area contributed by atoms with E-state index in [1.807, 2.05) is 6.07 Å². The molecule has 0 atom stereocenters. The molecule has 0 aliphatic carbocycles. The first-order chi connectivity index (χ1) is 7.20. The van der Waals surface area contributed by atoms with E-state index in [2.05, 4.69) is 26.0 Å². The van der Waals surface area contributed by atoms with Crippen molar-refractivity contribution in [1.82, 2.24) is 0 Å². The van der Waals surface area contributed by atoms with Crippen molar-refractivity contribution in [3.05, 3.63) is 28.8 Å². The first-order valence-corrected chi connectivity index (χ1v) is 5.20. The van der Waals surface area contributed by atoms with Gasteiger partial charge in [-0.25, -0.2) is 0 Å². The summed E-state index contributed by atoms with van der Waals surface area (Å²) >= 11 is 0. The van der Waals surface area contributed by atoms with Crippen LogP contribution >= 0.6 is 0 Å². The van der Waals surface area contributed by atoms with E-state index >= 15 is 0 Å². The zero-order valence-electron chi connectivity index (χ0n) is 9.63. The van der Waals surface area contributed by atoms with Crippen LogP contribution in [0.3, 0.4) is 0 Å². The summed E-state index contributed by atoms with van der Waals surface area (Å²) in [7, 11) is 1.69. The monoisotopic (exact) mass is 203 g/mol. The van der Waals surface area contributed by atoms with Crippen LogP contribution in [0.5, 0.6) is 5.75 Å². The topological polar surface area (TPSA) is 33.0 Å².